The Kier molecular flexibility index (Phi) is 4.21. The minimum absolute atomic E-state index is 0.0351. The summed E-state index contributed by atoms with van der Waals surface area (Å²) in [4.78, 5) is 10.9. The van der Waals surface area contributed by atoms with E-state index in [0.717, 1.165) is 11.1 Å². The van der Waals surface area contributed by atoms with Crippen LogP contribution < -0.4 is 5.32 Å². The molecule has 0 radical (unpaired) electrons. The highest BCUT2D eigenvalue weighted by Gasteiger charge is 2.15. The number of hydrogen-bond donors (Lipinski definition) is 2. The average Bonchev–Trinajstić information content (AvgIpc) is 2.76. The number of halogens is 2. The first kappa shape index (κ1) is 14.0. The summed E-state index contributed by atoms with van der Waals surface area (Å²) in [6.07, 6.45) is 0. The number of benzene rings is 1. The number of aryl methyl sites for hydroxylation is 1. The molecule has 0 unspecified atom stereocenters. The summed E-state index contributed by atoms with van der Waals surface area (Å²) in [6.45, 7) is 2.50. The summed E-state index contributed by atoms with van der Waals surface area (Å²) >= 11 is 4.57. The van der Waals surface area contributed by atoms with E-state index >= 15 is 0 Å². The Morgan fingerprint density at radius 2 is 2.21 bits per heavy atom. The molecule has 2 rings (SSSR count). The largest absolute Gasteiger partial charge is 0.478 e. The van der Waals surface area contributed by atoms with Gasteiger partial charge in [0.15, 0.2) is 5.82 Å². The molecule has 0 amide bonds. The quantitative estimate of drug-likeness (QED) is 0.871. The van der Waals surface area contributed by atoms with E-state index < -0.39 is 11.8 Å². The SMILES string of the molecule is Cc1cscc1CNc1ccc(C(=O)O)c(Br)c1F. The molecular weight excluding hydrogens is 333 g/mol. The molecule has 0 aliphatic heterocycles. The lowest BCUT2D eigenvalue weighted by Gasteiger charge is -2.10. The topological polar surface area (TPSA) is 49.3 Å². The van der Waals surface area contributed by atoms with Crippen LogP contribution in [0.2, 0.25) is 0 Å². The Labute approximate surface area is 122 Å². The Bertz CT molecular complexity index is 627. The fraction of sp³-hybridized carbons (Fsp3) is 0.154. The number of hydrogen-bond acceptors (Lipinski definition) is 3. The Hall–Kier alpha value is -1.40. The Morgan fingerprint density at radius 3 is 2.79 bits per heavy atom. The third-order valence-corrected chi connectivity index (χ3v) is 4.43. The standard InChI is InChI=1S/C13H11BrFNO2S/c1-7-5-19-6-8(7)4-16-10-3-2-9(13(17)18)11(14)12(10)15/h2-3,5-6,16H,4H2,1H3,(H,17,18). The maximum absolute atomic E-state index is 14.0. The third kappa shape index (κ3) is 2.96. The zero-order valence-electron chi connectivity index (χ0n) is 10.0. The molecule has 2 aromatic rings. The molecule has 0 atom stereocenters. The van der Waals surface area contributed by atoms with Gasteiger partial charge in [-0.25, -0.2) is 9.18 Å². The van der Waals surface area contributed by atoms with Crippen LogP contribution in [0.3, 0.4) is 0 Å². The van der Waals surface area contributed by atoms with Crippen molar-refractivity contribution in [2.75, 3.05) is 5.32 Å². The number of nitrogens with one attached hydrogen (secondary N) is 1. The molecule has 100 valence electrons. The van der Waals surface area contributed by atoms with E-state index in [9.17, 15) is 9.18 Å². The smallest absolute Gasteiger partial charge is 0.336 e. The van der Waals surface area contributed by atoms with Crippen molar-refractivity contribution in [2.45, 2.75) is 13.5 Å². The van der Waals surface area contributed by atoms with Crippen LogP contribution in [0.25, 0.3) is 0 Å². The molecule has 0 aliphatic rings. The van der Waals surface area contributed by atoms with Gasteiger partial charge in [0.1, 0.15) is 0 Å². The van der Waals surface area contributed by atoms with Crippen LogP contribution in [0.4, 0.5) is 10.1 Å². The number of anilines is 1. The molecule has 0 fully saturated rings. The van der Waals surface area contributed by atoms with Gasteiger partial charge in [0.05, 0.1) is 15.7 Å². The lowest BCUT2D eigenvalue weighted by atomic mass is 10.2. The summed E-state index contributed by atoms with van der Waals surface area (Å²) in [7, 11) is 0. The van der Waals surface area contributed by atoms with Crippen LogP contribution in [0.1, 0.15) is 21.5 Å². The number of carbonyl (C=O) groups is 1. The van der Waals surface area contributed by atoms with Gasteiger partial charge < -0.3 is 10.4 Å². The highest BCUT2D eigenvalue weighted by atomic mass is 79.9. The fourth-order valence-electron chi connectivity index (χ4n) is 1.61. The minimum atomic E-state index is -1.16. The predicted molar refractivity (Wildman–Crippen MR) is 77.4 cm³/mol. The number of aromatic carboxylic acids is 1. The summed E-state index contributed by atoms with van der Waals surface area (Å²) in [5.41, 5.74) is 2.44. The number of carboxylic acids is 1. The van der Waals surface area contributed by atoms with Gasteiger partial charge in [0, 0.05) is 6.54 Å². The molecule has 0 bridgehead atoms. The highest BCUT2D eigenvalue weighted by molar-refractivity contribution is 9.10. The summed E-state index contributed by atoms with van der Waals surface area (Å²) in [5.74, 6) is -1.75. The molecule has 0 spiro atoms. The summed E-state index contributed by atoms with van der Waals surface area (Å²) in [6, 6.07) is 2.81. The van der Waals surface area contributed by atoms with Crippen molar-refractivity contribution in [3.8, 4) is 0 Å². The molecule has 1 aromatic carbocycles. The molecule has 0 saturated heterocycles. The summed E-state index contributed by atoms with van der Waals surface area (Å²) in [5, 5.41) is 15.9. The zero-order valence-corrected chi connectivity index (χ0v) is 12.4. The van der Waals surface area contributed by atoms with Crippen LogP contribution in [0, 0.1) is 12.7 Å². The first-order valence-electron chi connectivity index (χ1n) is 5.47. The van der Waals surface area contributed by atoms with Gasteiger partial charge in [-0.2, -0.15) is 11.3 Å². The van der Waals surface area contributed by atoms with Crippen molar-refractivity contribution in [1.29, 1.82) is 0 Å². The van der Waals surface area contributed by atoms with Crippen molar-refractivity contribution in [3.63, 3.8) is 0 Å². The number of carboxylic acid groups (broad SMARTS) is 1. The molecule has 0 aliphatic carbocycles. The Morgan fingerprint density at radius 1 is 1.47 bits per heavy atom. The first-order valence-corrected chi connectivity index (χ1v) is 7.21. The van der Waals surface area contributed by atoms with E-state index in [1.165, 1.54) is 12.1 Å². The first-order chi connectivity index (χ1) is 9.00. The van der Waals surface area contributed by atoms with Crippen molar-refractivity contribution in [1.82, 2.24) is 0 Å². The molecule has 2 N–H and O–H groups in total. The average molecular weight is 344 g/mol. The second kappa shape index (κ2) is 5.71. The van der Waals surface area contributed by atoms with Crippen molar-refractivity contribution >= 4 is 38.9 Å². The van der Waals surface area contributed by atoms with Crippen molar-refractivity contribution in [3.05, 3.63) is 49.9 Å². The van der Waals surface area contributed by atoms with Crippen molar-refractivity contribution < 1.29 is 14.3 Å². The Balaban J connectivity index is 2.20. The lowest BCUT2D eigenvalue weighted by Crippen LogP contribution is -2.05. The fourth-order valence-corrected chi connectivity index (χ4v) is 2.98. The van der Waals surface area contributed by atoms with Crippen LogP contribution in [0.5, 0.6) is 0 Å². The van der Waals surface area contributed by atoms with Crippen LogP contribution in [-0.4, -0.2) is 11.1 Å². The minimum Gasteiger partial charge on any atom is -0.478 e. The molecular formula is C13H11BrFNO2S. The van der Waals surface area contributed by atoms with E-state index in [4.69, 9.17) is 5.11 Å². The molecule has 6 heteroatoms. The second-order valence-corrected chi connectivity index (χ2v) is 5.56. The normalized spacial score (nSPS) is 10.5. The van der Waals surface area contributed by atoms with Crippen LogP contribution in [-0.2, 0) is 6.54 Å². The highest BCUT2D eigenvalue weighted by Crippen LogP contribution is 2.27. The van der Waals surface area contributed by atoms with E-state index in [2.05, 4.69) is 21.2 Å². The lowest BCUT2D eigenvalue weighted by molar-refractivity contribution is 0.0695. The van der Waals surface area contributed by atoms with E-state index in [-0.39, 0.29) is 15.7 Å². The molecule has 3 nitrogen and oxygen atoms in total. The zero-order chi connectivity index (χ0) is 14.0. The predicted octanol–water partition coefficient (Wildman–Crippen LogP) is 4.27. The number of rotatable bonds is 4. The van der Waals surface area contributed by atoms with Crippen LogP contribution in [0.15, 0.2) is 27.4 Å². The van der Waals surface area contributed by atoms with E-state index in [0.29, 0.717) is 6.54 Å². The summed E-state index contributed by atoms with van der Waals surface area (Å²) < 4.78 is 13.9. The van der Waals surface area contributed by atoms with E-state index in [1.807, 2.05) is 17.7 Å². The van der Waals surface area contributed by atoms with Gasteiger partial charge in [-0.15, -0.1) is 0 Å². The van der Waals surface area contributed by atoms with Gasteiger partial charge in [0.2, 0.25) is 0 Å². The molecule has 1 heterocycles. The van der Waals surface area contributed by atoms with Gasteiger partial charge in [-0.1, -0.05) is 0 Å². The van der Waals surface area contributed by atoms with Crippen LogP contribution >= 0.6 is 27.3 Å². The molecule has 0 saturated carbocycles. The van der Waals surface area contributed by atoms with Gasteiger partial charge in [0.25, 0.3) is 0 Å². The maximum Gasteiger partial charge on any atom is 0.336 e. The molecule has 19 heavy (non-hydrogen) atoms. The molecule has 1 aromatic heterocycles. The van der Waals surface area contributed by atoms with E-state index in [1.54, 1.807) is 11.3 Å². The van der Waals surface area contributed by atoms with Crippen molar-refractivity contribution in [2.24, 2.45) is 0 Å². The maximum atomic E-state index is 14.0. The third-order valence-electron chi connectivity index (χ3n) is 2.74. The second-order valence-electron chi connectivity index (χ2n) is 4.03. The number of thiophene rings is 1. The van der Waals surface area contributed by atoms with Gasteiger partial charge in [-0.3, -0.25) is 0 Å². The van der Waals surface area contributed by atoms with Gasteiger partial charge >= 0.3 is 5.97 Å². The monoisotopic (exact) mass is 343 g/mol. The van der Waals surface area contributed by atoms with Gasteiger partial charge in [-0.05, 0) is 56.9 Å².